The number of likely N-dealkylation sites (tertiary alicyclic amines) is 1. The summed E-state index contributed by atoms with van der Waals surface area (Å²) in [6.07, 6.45) is 1.58. The summed E-state index contributed by atoms with van der Waals surface area (Å²) in [6, 6.07) is 13.3. The molecule has 2 saturated heterocycles. The van der Waals surface area contributed by atoms with Crippen molar-refractivity contribution in [2.45, 2.75) is 22.7 Å². The fourth-order valence-electron chi connectivity index (χ4n) is 5.54. The van der Waals surface area contributed by atoms with Crippen LogP contribution in [0, 0.1) is 0 Å². The van der Waals surface area contributed by atoms with Crippen LogP contribution in [-0.4, -0.2) is 44.3 Å². The van der Waals surface area contributed by atoms with Gasteiger partial charge >= 0.3 is 0 Å². The van der Waals surface area contributed by atoms with Crippen LogP contribution >= 0.6 is 35.3 Å². The van der Waals surface area contributed by atoms with Crippen molar-refractivity contribution >= 4 is 57.1 Å². The van der Waals surface area contributed by atoms with Gasteiger partial charge in [-0.25, -0.2) is 0 Å². The molecule has 162 valence electrons. The number of rotatable bonds is 3. The van der Waals surface area contributed by atoms with Gasteiger partial charge in [-0.15, -0.1) is 0 Å². The minimum absolute atomic E-state index is 0.142. The molecular weight excluding hydrogens is 462 g/mol. The van der Waals surface area contributed by atoms with E-state index in [0.29, 0.717) is 16.6 Å². The highest BCUT2D eigenvalue weighted by Crippen LogP contribution is 2.65. The smallest absolute Gasteiger partial charge is 0.251 e. The van der Waals surface area contributed by atoms with Gasteiger partial charge in [0.1, 0.15) is 14.8 Å². The molecule has 2 spiro atoms. The molecule has 3 aliphatic rings. The van der Waals surface area contributed by atoms with Crippen LogP contribution in [0.25, 0.3) is 0 Å². The van der Waals surface area contributed by atoms with Gasteiger partial charge in [0.05, 0.1) is 12.8 Å². The van der Waals surface area contributed by atoms with Crippen molar-refractivity contribution in [2.24, 2.45) is 0 Å². The largest absolute Gasteiger partial charge is 0.467 e. The number of nitrogens with one attached hydrogen (secondary N) is 1. The van der Waals surface area contributed by atoms with E-state index in [-0.39, 0.29) is 24.3 Å². The fourth-order valence-corrected chi connectivity index (χ4v) is 8.39. The van der Waals surface area contributed by atoms with Crippen LogP contribution in [0.5, 0.6) is 0 Å². The Morgan fingerprint density at radius 2 is 2.06 bits per heavy atom. The van der Waals surface area contributed by atoms with Crippen LogP contribution in [0.15, 0.2) is 63.9 Å². The third kappa shape index (κ3) is 2.37. The molecule has 2 aromatic heterocycles. The maximum Gasteiger partial charge on any atom is 0.251 e. The van der Waals surface area contributed by atoms with E-state index in [9.17, 15) is 9.59 Å². The zero-order chi connectivity index (χ0) is 22.1. The van der Waals surface area contributed by atoms with Gasteiger partial charge in [-0.3, -0.25) is 19.4 Å². The second kappa shape index (κ2) is 7.02. The summed E-state index contributed by atoms with van der Waals surface area (Å²) in [5, 5.41) is 7.14. The van der Waals surface area contributed by atoms with Gasteiger partial charge in [0, 0.05) is 23.7 Å². The second-order valence-electron chi connectivity index (χ2n) is 8.27. The van der Waals surface area contributed by atoms with Crippen LogP contribution < -0.4 is 5.32 Å². The van der Waals surface area contributed by atoms with Gasteiger partial charge in [-0.1, -0.05) is 42.2 Å². The average molecular weight is 482 g/mol. The van der Waals surface area contributed by atoms with Crippen LogP contribution in [0.2, 0.25) is 0 Å². The molecule has 1 N–H and O–H groups in total. The Morgan fingerprint density at radius 3 is 2.81 bits per heavy atom. The molecule has 1 aromatic carbocycles. The average Bonchev–Trinajstić information content (AvgIpc) is 3.58. The Labute approximate surface area is 198 Å². The predicted octanol–water partition coefficient (Wildman–Crippen LogP) is 4.02. The SMILES string of the molecule is CN1CC(c2ccsc2)C2(SC(=S)N(Cc3ccco3)C2=O)C12C(=O)Nc1ccccc12. The molecule has 6 nitrogen and oxygen atoms in total. The van der Waals surface area contributed by atoms with E-state index < -0.39 is 10.3 Å². The molecule has 0 aliphatic carbocycles. The molecule has 0 radical (unpaired) electrons. The molecule has 0 saturated carbocycles. The summed E-state index contributed by atoms with van der Waals surface area (Å²) in [7, 11) is 1.93. The molecule has 2 fully saturated rings. The number of benzene rings is 1. The van der Waals surface area contributed by atoms with E-state index in [0.717, 1.165) is 16.8 Å². The van der Waals surface area contributed by atoms with E-state index in [1.807, 2.05) is 47.7 Å². The number of thiophene rings is 1. The molecule has 3 unspecified atom stereocenters. The van der Waals surface area contributed by atoms with E-state index in [4.69, 9.17) is 16.6 Å². The Bertz CT molecular complexity index is 1240. The number of thioether (sulfide) groups is 1. The first-order chi connectivity index (χ1) is 15.5. The van der Waals surface area contributed by atoms with Crippen LogP contribution in [0.1, 0.15) is 22.8 Å². The highest BCUT2D eigenvalue weighted by molar-refractivity contribution is 8.25. The second-order valence-corrected chi connectivity index (χ2v) is 10.9. The first-order valence-electron chi connectivity index (χ1n) is 10.2. The number of thiocarbonyl (C=S) groups is 1. The van der Waals surface area contributed by atoms with E-state index in [2.05, 4.69) is 16.8 Å². The number of furan rings is 1. The number of hydrogen-bond donors (Lipinski definition) is 1. The first-order valence-corrected chi connectivity index (χ1v) is 12.4. The lowest BCUT2D eigenvalue weighted by Crippen LogP contribution is -2.61. The third-order valence-corrected chi connectivity index (χ3v) is 9.47. The molecule has 0 bridgehead atoms. The molecule has 6 rings (SSSR count). The number of para-hydroxylation sites is 1. The van der Waals surface area contributed by atoms with Crippen molar-refractivity contribution in [1.29, 1.82) is 0 Å². The van der Waals surface area contributed by atoms with Gasteiger partial charge in [-0.05, 0) is 47.6 Å². The molecular formula is C23H19N3O3S3. The minimum atomic E-state index is -1.17. The zero-order valence-electron chi connectivity index (χ0n) is 17.1. The molecule has 3 atom stereocenters. The highest BCUT2D eigenvalue weighted by atomic mass is 32.2. The maximum absolute atomic E-state index is 14.4. The van der Waals surface area contributed by atoms with Gasteiger partial charge in [0.25, 0.3) is 5.91 Å². The van der Waals surface area contributed by atoms with Crippen LogP contribution in [0.4, 0.5) is 5.69 Å². The molecule has 3 aromatic rings. The number of amides is 2. The molecule has 32 heavy (non-hydrogen) atoms. The molecule has 9 heteroatoms. The number of anilines is 1. The lowest BCUT2D eigenvalue weighted by molar-refractivity contribution is -0.138. The van der Waals surface area contributed by atoms with Crippen molar-refractivity contribution in [3.63, 3.8) is 0 Å². The van der Waals surface area contributed by atoms with Crippen LogP contribution in [-0.2, 0) is 21.7 Å². The Hall–Kier alpha value is -2.46. The lowest BCUT2D eigenvalue weighted by atomic mass is 9.72. The lowest BCUT2D eigenvalue weighted by Gasteiger charge is -2.41. The van der Waals surface area contributed by atoms with Gasteiger partial charge in [0.2, 0.25) is 5.91 Å². The van der Waals surface area contributed by atoms with Crippen LogP contribution in [0.3, 0.4) is 0 Å². The van der Waals surface area contributed by atoms with Crippen molar-refractivity contribution in [1.82, 2.24) is 9.80 Å². The standard InChI is InChI=1S/C23H19N3O3S3/c1-25-12-17(14-8-10-31-13-14)23(22(25)16-6-2-3-7-18(16)24-19(22)27)20(28)26(21(30)32-23)11-15-5-4-9-29-15/h2-10,13,17H,11-12H2,1H3,(H,24,27). The van der Waals surface area contributed by atoms with E-state index in [1.54, 1.807) is 28.6 Å². The van der Waals surface area contributed by atoms with Gasteiger partial charge < -0.3 is 9.73 Å². The summed E-state index contributed by atoms with van der Waals surface area (Å²) in [5.74, 6) is 0.133. The quantitative estimate of drug-likeness (QED) is 0.570. The summed E-state index contributed by atoms with van der Waals surface area (Å²) in [5.41, 5.74) is 1.46. The number of nitrogens with zero attached hydrogens (tertiary/aromatic N) is 2. The Kier molecular flexibility index (Phi) is 4.42. The van der Waals surface area contributed by atoms with Crippen molar-refractivity contribution in [3.05, 3.63) is 76.4 Å². The number of carbonyl (C=O) groups excluding carboxylic acids is 2. The van der Waals surface area contributed by atoms with E-state index in [1.165, 1.54) is 11.8 Å². The molecule has 5 heterocycles. The number of likely N-dealkylation sites (N-methyl/N-ethyl adjacent to an activating group) is 1. The third-order valence-electron chi connectivity index (χ3n) is 6.82. The molecule has 2 amide bonds. The molecule has 3 aliphatic heterocycles. The number of fused-ring (bicyclic) bond motifs is 3. The van der Waals surface area contributed by atoms with Crippen molar-refractivity contribution in [2.75, 3.05) is 18.9 Å². The van der Waals surface area contributed by atoms with Crippen molar-refractivity contribution in [3.8, 4) is 0 Å². The highest BCUT2D eigenvalue weighted by Gasteiger charge is 2.77. The zero-order valence-corrected chi connectivity index (χ0v) is 19.6. The predicted molar refractivity (Wildman–Crippen MR) is 129 cm³/mol. The number of carbonyl (C=O) groups is 2. The normalized spacial score (nSPS) is 29.5. The summed E-state index contributed by atoms with van der Waals surface area (Å²) >= 11 is 8.70. The fraction of sp³-hybridized carbons (Fsp3) is 0.261. The first kappa shape index (κ1) is 20.2. The van der Waals surface area contributed by atoms with Gasteiger partial charge in [-0.2, -0.15) is 11.3 Å². The summed E-state index contributed by atoms with van der Waals surface area (Å²) in [4.78, 5) is 31.9. The van der Waals surface area contributed by atoms with Gasteiger partial charge in [0.15, 0.2) is 5.54 Å². The topological polar surface area (TPSA) is 65.8 Å². The monoisotopic (exact) mass is 481 g/mol. The summed E-state index contributed by atoms with van der Waals surface area (Å²) in [6.45, 7) is 0.813. The van der Waals surface area contributed by atoms with E-state index >= 15 is 0 Å². The Balaban J connectivity index is 1.59. The Morgan fingerprint density at radius 1 is 1.22 bits per heavy atom. The maximum atomic E-state index is 14.4. The van der Waals surface area contributed by atoms with Crippen molar-refractivity contribution < 1.29 is 14.0 Å². The number of hydrogen-bond acceptors (Lipinski definition) is 7. The minimum Gasteiger partial charge on any atom is -0.467 e. The summed E-state index contributed by atoms with van der Waals surface area (Å²) < 4.78 is 4.86.